The summed E-state index contributed by atoms with van der Waals surface area (Å²) in [6.45, 7) is 4.90. The summed E-state index contributed by atoms with van der Waals surface area (Å²) in [6, 6.07) is 0.398. The molecule has 5 heteroatoms. The molecule has 0 saturated carbocycles. The number of carbonyl (C=O) groups is 1. The van der Waals surface area contributed by atoms with Gasteiger partial charge in [-0.15, -0.1) is 0 Å². The number of nitrogens with zero attached hydrogens (tertiary/aromatic N) is 1. The molecule has 5 nitrogen and oxygen atoms in total. The van der Waals surface area contributed by atoms with Crippen LogP contribution in [0.5, 0.6) is 0 Å². The van der Waals surface area contributed by atoms with Gasteiger partial charge >= 0.3 is 0 Å². The molecule has 1 amide bonds. The molecule has 110 valence electrons. The average Bonchev–Trinajstić information content (AvgIpc) is 2.47. The Labute approximate surface area is 116 Å². The number of rotatable bonds is 5. The zero-order valence-electron chi connectivity index (χ0n) is 12.0. The molecule has 0 aliphatic carbocycles. The summed E-state index contributed by atoms with van der Waals surface area (Å²) in [5.41, 5.74) is 0. The van der Waals surface area contributed by atoms with E-state index in [1.165, 1.54) is 12.8 Å². The topological polar surface area (TPSA) is 53.6 Å². The highest BCUT2D eigenvalue weighted by Crippen LogP contribution is 2.12. The summed E-state index contributed by atoms with van der Waals surface area (Å²) in [4.78, 5) is 14.5. The quantitative estimate of drug-likeness (QED) is 0.756. The molecule has 2 saturated heterocycles. The van der Waals surface area contributed by atoms with E-state index in [4.69, 9.17) is 4.74 Å². The summed E-state index contributed by atoms with van der Waals surface area (Å²) >= 11 is 0. The van der Waals surface area contributed by atoms with Gasteiger partial charge in [-0.05, 0) is 32.2 Å². The Hall–Kier alpha value is -0.650. The number of amides is 1. The van der Waals surface area contributed by atoms with E-state index in [9.17, 15) is 4.79 Å². The second-order valence-corrected chi connectivity index (χ2v) is 5.62. The molecule has 2 fully saturated rings. The Morgan fingerprint density at radius 1 is 1.32 bits per heavy atom. The van der Waals surface area contributed by atoms with Crippen LogP contribution >= 0.6 is 0 Å². The fraction of sp³-hybridized carbons (Fsp3) is 0.929. The Morgan fingerprint density at radius 2 is 2.11 bits per heavy atom. The van der Waals surface area contributed by atoms with Gasteiger partial charge in [-0.3, -0.25) is 4.79 Å². The number of hydrogen-bond acceptors (Lipinski definition) is 4. The first kappa shape index (κ1) is 14.8. The van der Waals surface area contributed by atoms with Crippen LogP contribution in [0.1, 0.15) is 32.1 Å². The van der Waals surface area contributed by atoms with E-state index in [1.807, 2.05) is 0 Å². The molecule has 0 aromatic heterocycles. The van der Waals surface area contributed by atoms with Crippen LogP contribution in [0, 0.1) is 0 Å². The molecule has 0 bridgehead atoms. The molecule has 19 heavy (non-hydrogen) atoms. The molecular weight excluding hydrogens is 242 g/mol. The van der Waals surface area contributed by atoms with Gasteiger partial charge < -0.3 is 20.3 Å². The third kappa shape index (κ3) is 4.75. The highest BCUT2D eigenvalue weighted by Gasteiger charge is 2.25. The summed E-state index contributed by atoms with van der Waals surface area (Å²) < 4.78 is 5.10. The van der Waals surface area contributed by atoms with Crippen LogP contribution in [0.4, 0.5) is 0 Å². The van der Waals surface area contributed by atoms with Gasteiger partial charge in [-0.2, -0.15) is 0 Å². The number of nitrogens with one attached hydrogen (secondary N) is 2. The predicted molar refractivity (Wildman–Crippen MR) is 75.1 cm³/mol. The minimum Gasteiger partial charge on any atom is -0.383 e. The van der Waals surface area contributed by atoms with E-state index < -0.39 is 0 Å². The van der Waals surface area contributed by atoms with Crippen molar-refractivity contribution in [1.29, 1.82) is 0 Å². The fourth-order valence-electron chi connectivity index (χ4n) is 2.90. The van der Waals surface area contributed by atoms with Gasteiger partial charge in [0.2, 0.25) is 5.91 Å². The Kier molecular flexibility index (Phi) is 6.07. The molecule has 2 aliphatic heterocycles. The monoisotopic (exact) mass is 269 g/mol. The lowest BCUT2D eigenvalue weighted by atomic mass is 10.0. The van der Waals surface area contributed by atoms with Gasteiger partial charge in [0.1, 0.15) is 0 Å². The lowest BCUT2D eigenvalue weighted by molar-refractivity contribution is -0.124. The minimum atomic E-state index is 0.0419. The van der Waals surface area contributed by atoms with Crippen molar-refractivity contribution < 1.29 is 9.53 Å². The largest absolute Gasteiger partial charge is 0.383 e. The van der Waals surface area contributed by atoms with E-state index in [0.717, 1.165) is 52.0 Å². The standard InChI is InChI=1S/C14H27N3O2/c1-19-11-10-17-8-5-12(6-9-17)16-14(18)13-4-2-3-7-15-13/h12-13,15H,2-11H2,1H3,(H,16,18)/t13-/m1/s1. The average molecular weight is 269 g/mol. The maximum Gasteiger partial charge on any atom is 0.237 e. The van der Waals surface area contributed by atoms with E-state index in [2.05, 4.69) is 15.5 Å². The van der Waals surface area contributed by atoms with Crippen LogP contribution in [-0.2, 0) is 9.53 Å². The minimum absolute atomic E-state index is 0.0419. The molecule has 2 N–H and O–H groups in total. The van der Waals surface area contributed by atoms with Crippen LogP contribution in [0.15, 0.2) is 0 Å². The van der Waals surface area contributed by atoms with Crippen molar-refractivity contribution in [2.45, 2.75) is 44.2 Å². The first-order chi connectivity index (χ1) is 9.29. The second kappa shape index (κ2) is 7.82. The number of ether oxygens (including phenoxy) is 1. The molecule has 2 heterocycles. The van der Waals surface area contributed by atoms with Crippen molar-refractivity contribution in [3.63, 3.8) is 0 Å². The summed E-state index contributed by atoms with van der Waals surface area (Å²) in [6.07, 6.45) is 5.46. The van der Waals surface area contributed by atoms with Crippen LogP contribution in [0.2, 0.25) is 0 Å². The summed E-state index contributed by atoms with van der Waals surface area (Å²) in [5, 5.41) is 6.51. The highest BCUT2D eigenvalue weighted by molar-refractivity contribution is 5.82. The molecule has 1 atom stereocenters. The van der Waals surface area contributed by atoms with Crippen molar-refractivity contribution >= 4 is 5.91 Å². The van der Waals surface area contributed by atoms with Gasteiger partial charge in [-0.1, -0.05) is 6.42 Å². The third-order valence-corrected chi connectivity index (χ3v) is 4.17. The van der Waals surface area contributed by atoms with Crippen molar-refractivity contribution in [2.24, 2.45) is 0 Å². The Balaban J connectivity index is 1.65. The summed E-state index contributed by atoms with van der Waals surface area (Å²) in [7, 11) is 1.74. The van der Waals surface area contributed by atoms with Crippen LogP contribution in [0.25, 0.3) is 0 Å². The fourth-order valence-corrected chi connectivity index (χ4v) is 2.90. The predicted octanol–water partition coefficient (Wildman–Crippen LogP) is 0.356. The lowest BCUT2D eigenvalue weighted by Crippen LogP contribution is -2.52. The van der Waals surface area contributed by atoms with Gasteiger partial charge in [0.05, 0.1) is 12.6 Å². The van der Waals surface area contributed by atoms with Crippen molar-refractivity contribution in [1.82, 2.24) is 15.5 Å². The first-order valence-electron chi connectivity index (χ1n) is 7.54. The van der Waals surface area contributed by atoms with Gasteiger partial charge in [0.15, 0.2) is 0 Å². The molecule has 0 radical (unpaired) electrons. The van der Waals surface area contributed by atoms with Crippen molar-refractivity contribution in [3.8, 4) is 0 Å². The summed E-state index contributed by atoms with van der Waals surface area (Å²) in [5.74, 6) is 0.204. The van der Waals surface area contributed by atoms with E-state index in [0.29, 0.717) is 6.04 Å². The molecule has 0 aromatic carbocycles. The molecule has 0 aromatic rings. The number of carbonyl (C=O) groups excluding carboxylic acids is 1. The number of methoxy groups -OCH3 is 1. The molecule has 2 rings (SSSR count). The maximum absolute atomic E-state index is 12.1. The van der Waals surface area contributed by atoms with Gasteiger partial charge in [0, 0.05) is 32.8 Å². The smallest absolute Gasteiger partial charge is 0.237 e. The van der Waals surface area contributed by atoms with Crippen LogP contribution < -0.4 is 10.6 Å². The van der Waals surface area contributed by atoms with Crippen molar-refractivity contribution in [2.75, 3.05) is 39.9 Å². The molecule has 0 spiro atoms. The van der Waals surface area contributed by atoms with Crippen molar-refractivity contribution in [3.05, 3.63) is 0 Å². The van der Waals surface area contributed by atoms with Crippen LogP contribution in [0.3, 0.4) is 0 Å². The Morgan fingerprint density at radius 3 is 2.74 bits per heavy atom. The molecule has 2 aliphatic rings. The highest BCUT2D eigenvalue weighted by atomic mass is 16.5. The van der Waals surface area contributed by atoms with Gasteiger partial charge in [0.25, 0.3) is 0 Å². The van der Waals surface area contributed by atoms with E-state index >= 15 is 0 Å². The zero-order chi connectivity index (χ0) is 13.5. The number of likely N-dealkylation sites (tertiary alicyclic amines) is 1. The molecule has 0 unspecified atom stereocenters. The van der Waals surface area contributed by atoms with Gasteiger partial charge in [-0.25, -0.2) is 0 Å². The number of hydrogen-bond donors (Lipinski definition) is 2. The third-order valence-electron chi connectivity index (χ3n) is 4.17. The van der Waals surface area contributed by atoms with E-state index in [-0.39, 0.29) is 11.9 Å². The number of piperidine rings is 2. The van der Waals surface area contributed by atoms with E-state index in [1.54, 1.807) is 7.11 Å². The lowest BCUT2D eigenvalue weighted by Gasteiger charge is -2.33. The normalized spacial score (nSPS) is 26.3. The molecular formula is C14H27N3O2. The zero-order valence-corrected chi connectivity index (χ0v) is 12.0. The Bertz CT molecular complexity index is 272. The first-order valence-corrected chi connectivity index (χ1v) is 7.54. The SMILES string of the molecule is COCCN1CCC(NC(=O)[C@H]2CCCCN2)CC1. The second-order valence-electron chi connectivity index (χ2n) is 5.62. The maximum atomic E-state index is 12.1. The van der Waals surface area contributed by atoms with Crippen LogP contribution in [-0.4, -0.2) is 62.8 Å².